The summed E-state index contributed by atoms with van der Waals surface area (Å²) in [5, 5.41) is 21.6. The molecule has 1 aliphatic rings. The highest BCUT2D eigenvalue weighted by atomic mass is 16.4. The fourth-order valence-corrected chi connectivity index (χ4v) is 3.29. The lowest BCUT2D eigenvalue weighted by Gasteiger charge is -2.41. The number of hydrogen-bond donors (Lipinski definition) is 2. The number of aliphatic hydroxyl groups is 1. The predicted molar refractivity (Wildman–Crippen MR) is 95.3 cm³/mol. The van der Waals surface area contributed by atoms with Gasteiger partial charge in [0.05, 0.1) is 12.6 Å². The van der Waals surface area contributed by atoms with Crippen LogP contribution in [0.15, 0.2) is 4.42 Å². The number of β-amino-alcohol motifs (C(OH)–C–C–N with tert-alkyl or cyclic N) is 1. The highest BCUT2D eigenvalue weighted by Crippen LogP contribution is 2.25. The van der Waals surface area contributed by atoms with Crippen molar-refractivity contribution in [3.05, 3.63) is 16.9 Å². The Balaban J connectivity index is 1.93. The topological polar surface area (TPSA) is 92.7 Å². The first kappa shape index (κ1) is 19.4. The van der Waals surface area contributed by atoms with Crippen LogP contribution < -0.4 is 5.32 Å². The van der Waals surface area contributed by atoms with Gasteiger partial charge in [-0.15, -0.1) is 0 Å². The zero-order chi connectivity index (χ0) is 18.6. The van der Waals surface area contributed by atoms with E-state index in [-0.39, 0.29) is 24.4 Å². The number of furan rings is 1. The van der Waals surface area contributed by atoms with E-state index in [1.54, 1.807) is 20.8 Å². The van der Waals surface area contributed by atoms with Crippen LogP contribution in [0.2, 0.25) is 0 Å². The minimum absolute atomic E-state index is 0.177. The maximum absolute atomic E-state index is 12.3. The first-order valence-corrected chi connectivity index (χ1v) is 8.80. The molecule has 1 aliphatic heterocycles. The van der Waals surface area contributed by atoms with E-state index < -0.39 is 0 Å². The molecule has 2 N–H and O–H groups in total. The second-order valence-corrected chi connectivity index (χ2v) is 6.79. The average molecular weight is 348 g/mol. The van der Waals surface area contributed by atoms with E-state index in [0.717, 1.165) is 31.6 Å². The molecule has 0 aromatic carbocycles. The van der Waals surface area contributed by atoms with Gasteiger partial charge < -0.3 is 9.52 Å². The van der Waals surface area contributed by atoms with Gasteiger partial charge in [-0.1, -0.05) is 6.92 Å². The molecular formula is C18H28N4O3. The minimum atomic E-state index is -0.348. The van der Waals surface area contributed by atoms with E-state index in [9.17, 15) is 15.2 Å². The number of carbonyl (C=O) groups is 1. The molecule has 1 fully saturated rings. The number of carbonyl (C=O) groups excluding carboxylic acids is 1. The van der Waals surface area contributed by atoms with Crippen LogP contribution in [0.3, 0.4) is 0 Å². The lowest BCUT2D eigenvalue weighted by Crippen LogP contribution is -2.55. The van der Waals surface area contributed by atoms with Crippen LogP contribution in [0.1, 0.15) is 37.2 Å². The van der Waals surface area contributed by atoms with Crippen molar-refractivity contribution in [2.75, 3.05) is 38.0 Å². The molecule has 7 nitrogen and oxygen atoms in total. The second kappa shape index (κ2) is 8.48. The van der Waals surface area contributed by atoms with Crippen molar-refractivity contribution in [2.45, 2.75) is 46.3 Å². The molecular weight excluding hydrogens is 320 g/mol. The van der Waals surface area contributed by atoms with E-state index >= 15 is 0 Å². The quantitative estimate of drug-likeness (QED) is 0.809. The molecule has 1 aromatic rings. The standard InChI is InChI=1S/C18H28N4O3/c1-5-15-10-21(6-7-22(15)9-12(2)23)11-17(24)20-18-16(8-19)13(3)14(4)25-18/h12,15,23H,5-7,9-11H2,1-4H3,(H,20,24)/t12-,15-/m1/s1. The first-order chi connectivity index (χ1) is 11.8. The van der Waals surface area contributed by atoms with Crippen molar-refractivity contribution in [1.29, 1.82) is 5.26 Å². The number of aryl methyl sites for hydroxylation is 1. The summed E-state index contributed by atoms with van der Waals surface area (Å²) in [6.07, 6.45) is 0.624. The van der Waals surface area contributed by atoms with Gasteiger partial charge in [0.2, 0.25) is 11.8 Å². The molecule has 0 bridgehead atoms. The maximum atomic E-state index is 12.3. The van der Waals surface area contributed by atoms with E-state index in [1.807, 2.05) is 0 Å². The first-order valence-electron chi connectivity index (χ1n) is 8.80. The Kier molecular flexibility index (Phi) is 6.59. The van der Waals surface area contributed by atoms with Crippen molar-refractivity contribution >= 4 is 11.8 Å². The van der Waals surface area contributed by atoms with E-state index in [2.05, 4.69) is 28.1 Å². The smallest absolute Gasteiger partial charge is 0.240 e. The molecule has 0 unspecified atom stereocenters. The highest BCUT2D eigenvalue weighted by Gasteiger charge is 2.27. The minimum Gasteiger partial charge on any atom is -0.444 e. The van der Waals surface area contributed by atoms with Crippen molar-refractivity contribution in [1.82, 2.24) is 9.80 Å². The fourth-order valence-electron chi connectivity index (χ4n) is 3.29. The number of hydrogen-bond acceptors (Lipinski definition) is 6. The second-order valence-electron chi connectivity index (χ2n) is 6.79. The summed E-state index contributed by atoms with van der Waals surface area (Å²) >= 11 is 0. The molecule has 1 aromatic heterocycles. The fraction of sp³-hybridized carbons (Fsp3) is 0.667. The molecule has 1 saturated heterocycles. The summed E-state index contributed by atoms with van der Waals surface area (Å²) in [4.78, 5) is 16.7. The van der Waals surface area contributed by atoms with Gasteiger partial charge in [-0.25, -0.2) is 0 Å². The molecule has 0 radical (unpaired) electrons. The van der Waals surface area contributed by atoms with Crippen molar-refractivity contribution in [2.24, 2.45) is 0 Å². The zero-order valence-electron chi connectivity index (χ0n) is 15.5. The Morgan fingerprint density at radius 3 is 2.80 bits per heavy atom. The number of aliphatic hydroxyl groups excluding tert-OH is 1. The normalized spacial score (nSPS) is 20.2. The van der Waals surface area contributed by atoms with Crippen LogP contribution in [-0.2, 0) is 4.79 Å². The van der Waals surface area contributed by atoms with Crippen LogP contribution in [0.4, 0.5) is 5.88 Å². The van der Waals surface area contributed by atoms with Crippen molar-refractivity contribution < 1.29 is 14.3 Å². The third-order valence-electron chi connectivity index (χ3n) is 4.78. The Morgan fingerprint density at radius 2 is 2.20 bits per heavy atom. The van der Waals surface area contributed by atoms with Crippen LogP contribution in [0.25, 0.3) is 0 Å². The Labute approximate surface area is 149 Å². The summed E-state index contributed by atoms with van der Waals surface area (Å²) in [6.45, 7) is 10.8. The van der Waals surface area contributed by atoms with Gasteiger partial charge in [-0.3, -0.25) is 19.9 Å². The number of piperazine rings is 1. The maximum Gasteiger partial charge on any atom is 0.240 e. The number of nitrogens with one attached hydrogen (secondary N) is 1. The summed E-state index contributed by atoms with van der Waals surface area (Å²) in [7, 11) is 0. The lowest BCUT2D eigenvalue weighted by molar-refractivity contribution is -0.118. The molecule has 0 aliphatic carbocycles. The molecule has 2 atom stereocenters. The van der Waals surface area contributed by atoms with Gasteiger partial charge in [0.1, 0.15) is 17.4 Å². The summed E-state index contributed by atoms with van der Waals surface area (Å²) in [6, 6.07) is 2.41. The number of rotatable bonds is 6. The molecule has 2 rings (SSSR count). The molecule has 1 amide bonds. The van der Waals surface area contributed by atoms with Gasteiger partial charge in [0.15, 0.2) is 0 Å². The third kappa shape index (κ3) is 4.82. The molecule has 0 saturated carbocycles. The highest BCUT2D eigenvalue weighted by molar-refractivity contribution is 5.92. The van der Waals surface area contributed by atoms with Gasteiger partial charge in [0, 0.05) is 37.8 Å². The lowest BCUT2D eigenvalue weighted by atomic mass is 10.1. The molecule has 7 heteroatoms. The van der Waals surface area contributed by atoms with E-state index in [4.69, 9.17) is 4.42 Å². The Hall–Kier alpha value is -1.88. The van der Waals surface area contributed by atoms with Gasteiger partial charge in [-0.2, -0.15) is 5.26 Å². The van der Waals surface area contributed by atoms with Gasteiger partial charge in [-0.05, 0) is 27.2 Å². The van der Waals surface area contributed by atoms with Crippen LogP contribution >= 0.6 is 0 Å². The molecule has 0 spiro atoms. The van der Waals surface area contributed by atoms with Crippen molar-refractivity contribution in [3.8, 4) is 6.07 Å². The van der Waals surface area contributed by atoms with Gasteiger partial charge >= 0.3 is 0 Å². The van der Waals surface area contributed by atoms with Crippen LogP contribution in [0.5, 0.6) is 0 Å². The van der Waals surface area contributed by atoms with Crippen LogP contribution in [-0.4, -0.2) is 65.7 Å². The average Bonchev–Trinajstić information content (AvgIpc) is 2.81. The SMILES string of the molecule is CC[C@@H]1CN(CC(=O)Nc2oc(C)c(C)c2C#N)CCN1C[C@@H](C)O. The molecule has 2 heterocycles. The summed E-state index contributed by atoms with van der Waals surface area (Å²) in [5.74, 6) is 0.705. The van der Waals surface area contributed by atoms with E-state index in [0.29, 0.717) is 23.9 Å². The van der Waals surface area contributed by atoms with Crippen molar-refractivity contribution in [3.63, 3.8) is 0 Å². The number of anilines is 1. The molecule has 138 valence electrons. The largest absolute Gasteiger partial charge is 0.444 e. The number of nitriles is 1. The van der Waals surface area contributed by atoms with Gasteiger partial charge in [0.25, 0.3) is 0 Å². The predicted octanol–water partition coefficient (Wildman–Crippen LogP) is 1.48. The third-order valence-corrected chi connectivity index (χ3v) is 4.78. The summed E-state index contributed by atoms with van der Waals surface area (Å²) in [5.41, 5.74) is 1.15. The van der Waals surface area contributed by atoms with E-state index in [1.165, 1.54) is 0 Å². The number of amides is 1. The van der Waals surface area contributed by atoms with Crippen LogP contribution in [0, 0.1) is 25.2 Å². The monoisotopic (exact) mass is 348 g/mol. The summed E-state index contributed by atoms with van der Waals surface area (Å²) < 4.78 is 5.49. The number of nitrogens with zero attached hydrogens (tertiary/aromatic N) is 3. The molecule has 25 heavy (non-hydrogen) atoms. The zero-order valence-corrected chi connectivity index (χ0v) is 15.5. The Morgan fingerprint density at radius 1 is 1.48 bits per heavy atom. The Bertz CT molecular complexity index is 647.